The first-order valence-corrected chi connectivity index (χ1v) is 6.07. The van der Waals surface area contributed by atoms with Gasteiger partial charge in [-0.05, 0) is 31.5 Å². The van der Waals surface area contributed by atoms with Crippen LogP contribution in [0, 0.1) is 6.92 Å². The molecule has 0 atom stereocenters. The van der Waals surface area contributed by atoms with Gasteiger partial charge < -0.3 is 5.32 Å². The summed E-state index contributed by atoms with van der Waals surface area (Å²) in [6.45, 7) is 5.24. The van der Waals surface area contributed by atoms with Crippen LogP contribution in [0.4, 0.5) is 5.69 Å². The van der Waals surface area contributed by atoms with E-state index in [0.29, 0.717) is 0 Å². The Bertz CT molecular complexity index is 492. The summed E-state index contributed by atoms with van der Waals surface area (Å²) in [6.07, 6.45) is 2.96. The van der Waals surface area contributed by atoms with E-state index in [-0.39, 0.29) is 0 Å². The van der Waals surface area contributed by atoms with Gasteiger partial charge in [-0.1, -0.05) is 30.7 Å². The summed E-state index contributed by atoms with van der Waals surface area (Å²) in [7, 11) is 0. The number of anilines is 1. The van der Waals surface area contributed by atoms with E-state index in [4.69, 9.17) is 0 Å². The van der Waals surface area contributed by atoms with Crippen molar-refractivity contribution in [1.29, 1.82) is 0 Å². The van der Waals surface area contributed by atoms with Crippen LogP contribution in [0.5, 0.6) is 0 Å². The highest BCUT2D eigenvalue weighted by Crippen LogP contribution is 2.25. The maximum atomic E-state index is 4.48. The molecule has 0 aliphatic rings. The Hall–Kier alpha value is -1.83. The van der Waals surface area contributed by atoms with Crippen LogP contribution in [0.1, 0.15) is 18.9 Å². The first-order chi connectivity index (χ1) is 8.31. The monoisotopic (exact) mass is 226 g/mol. The lowest BCUT2D eigenvalue weighted by molar-refractivity contribution is 0.978. The largest absolute Gasteiger partial charge is 0.383 e. The van der Waals surface area contributed by atoms with E-state index in [2.05, 4.69) is 54.5 Å². The summed E-state index contributed by atoms with van der Waals surface area (Å²) >= 11 is 0. The van der Waals surface area contributed by atoms with Crippen LogP contribution in [0.15, 0.2) is 42.6 Å². The highest BCUT2D eigenvalue weighted by Gasteiger charge is 2.05. The van der Waals surface area contributed by atoms with Crippen LogP contribution in [0.3, 0.4) is 0 Å². The Morgan fingerprint density at radius 2 is 2.06 bits per heavy atom. The van der Waals surface area contributed by atoms with Gasteiger partial charge in [-0.2, -0.15) is 0 Å². The lowest BCUT2D eigenvalue weighted by Crippen LogP contribution is -2.02. The number of pyridine rings is 1. The molecule has 2 aromatic rings. The Kier molecular flexibility index (Phi) is 3.76. The summed E-state index contributed by atoms with van der Waals surface area (Å²) in [5.74, 6) is 0. The Morgan fingerprint density at radius 3 is 2.82 bits per heavy atom. The van der Waals surface area contributed by atoms with Crippen LogP contribution in [-0.2, 0) is 0 Å². The van der Waals surface area contributed by atoms with Gasteiger partial charge in [0.05, 0.1) is 11.4 Å². The molecule has 0 amide bonds. The van der Waals surface area contributed by atoms with Crippen molar-refractivity contribution in [3.8, 4) is 11.3 Å². The van der Waals surface area contributed by atoms with Gasteiger partial charge in [-0.15, -0.1) is 0 Å². The second-order valence-electron chi connectivity index (χ2n) is 4.20. The summed E-state index contributed by atoms with van der Waals surface area (Å²) in [5, 5.41) is 3.42. The van der Waals surface area contributed by atoms with Gasteiger partial charge in [-0.3, -0.25) is 4.98 Å². The fourth-order valence-corrected chi connectivity index (χ4v) is 1.83. The number of aryl methyl sites for hydroxylation is 1. The second kappa shape index (κ2) is 5.48. The standard InChI is InChI=1S/C15H18N2/c1-3-9-16-14-8-5-10-17-15(14)13-7-4-6-12(2)11-13/h4-8,10-11,16H,3,9H2,1-2H3. The van der Waals surface area contributed by atoms with Gasteiger partial charge >= 0.3 is 0 Å². The van der Waals surface area contributed by atoms with Crippen LogP contribution >= 0.6 is 0 Å². The maximum absolute atomic E-state index is 4.48. The molecule has 0 saturated carbocycles. The van der Waals surface area contributed by atoms with Crippen molar-refractivity contribution in [2.45, 2.75) is 20.3 Å². The lowest BCUT2D eigenvalue weighted by Gasteiger charge is -2.10. The molecule has 88 valence electrons. The number of hydrogen-bond donors (Lipinski definition) is 1. The molecule has 2 nitrogen and oxygen atoms in total. The number of nitrogens with zero attached hydrogens (tertiary/aromatic N) is 1. The predicted octanol–water partition coefficient (Wildman–Crippen LogP) is 3.88. The molecule has 0 unspecified atom stereocenters. The van der Waals surface area contributed by atoms with Crippen LogP contribution < -0.4 is 5.32 Å². The molecule has 2 rings (SSSR count). The smallest absolute Gasteiger partial charge is 0.0933 e. The van der Waals surface area contributed by atoms with E-state index in [1.165, 1.54) is 11.1 Å². The normalized spacial score (nSPS) is 10.2. The molecule has 2 heteroatoms. The van der Waals surface area contributed by atoms with Crippen molar-refractivity contribution in [3.63, 3.8) is 0 Å². The van der Waals surface area contributed by atoms with Crippen molar-refractivity contribution in [1.82, 2.24) is 4.98 Å². The first-order valence-electron chi connectivity index (χ1n) is 6.07. The third-order valence-electron chi connectivity index (χ3n) is 2.66. The van der Waals surface area contributed by atoms with Gasteiger partial charge in [0.15, 0.2) is 0 Å². The average Bonchev–Trinajstić information content (AvgIpc) is 2.37. The van der Waals surface area contributed by atoms with E-state index >= 15 is 0 Å². The van der Waals surface area contributed by atoms with Crippen molar-refractivity contribution >= 4 is 5.69 Å². The first kappa shape index (κ1) is 11.6. The molecule has 0 spiro atoms. The SMILES string of the molecule is CCCNc1cccnc1-c1cccc(C)c1. The van der Waals surface area contributed by atoms with Crippen molar-refractivity contribution < 1.29 is 0 Å². The number of rotatable bonds is 4. The van der Waals surface area contributed by atoms with Crippen LogP contribution in [0.25, 0.3) is 11.3 Å². The number of benzene rings is 1. The summed E-state index contributed by atoms with van der Waals surface area (Å²) in [4.78, 5) is 4.48. The Labute approximate surface area is 103 Å². The van der Waals surface area contributed by atoms with Crippen molar-refractivity contribution in [2.75, 3.05) is 11.9 Å². The second-order valence-corrected chi connectivity index (χ2v) is 4.20. The summed E-state index contributed by atoms with van der Waals surface area (Å²) < 4.78 is 0. The summed E-state index contributed by atoms with van der Waals surface area (Å²) in [6, 6.07) is 12.5. The zero-order valence-electron chi connectivity index (χ0n) is 10.4. The zero-order valence-corrected chi connectivity index (χ0v) is 10.4. The summed E-state index contributed by atoms with van der Waals surface area (Å²) in [5.41, 5.74) is 4.57. The van der Waals surface area contributed by atoms with Gasteiger partial charge in [0.2, 0.25) is 0 Å². The molecule has 1 aromatic carbocycles. The molecular weight excluding hydrogens is 208 g/mol. The van der Waals surface area contributed by atoms with Gasteiger partial charge in [0, 0.05) is 18.3 Å². The predicted molar refractivity (Wildman–Crippen MR) is 73.2 cm³/mol. The minimum absolute atomic E-state index is 0.977. The van der Waals surface area contributed by atoms with E-state index in [1.54, 1.807) is 0 Å². The maximum Gasteiger partial charge on any atom is 0.0933 e. The molecular formula is C15H18N2. The third-order valence-corrected chi connectivity index (χ3v) is 2.66. The van der Waals surface area contributed by atoms with Crippen LogP contribution in [0.2, 0.25) is 0 Å². The number of nitrogens with one attached hydrogen (secondary N) is 1. The Morgan fingerprint density at radius 1 is 1.18 bits per heavy atom. The quantitative estimate of drug-likeness (QED) is 0.855. The van der Waals surface area contributed by atoms with Crippen molar-refractivity contribution in [2.24, 2.45) is 0 Å². The average molecular weight is 226 g/mol. The topological polar surface area (TPSA) is 24.9 Å². The highest BCUT2D eigenvalue weighted by molar-refractivity contribution is 5.74. The molecule has 1 heterocycles. The fraction of sp³-hybridized carbons (Fsp3) is 0.267. The van der Waals surface area contributed by atoms with E-state index in [1.807, 2.05) is 12.3 Å². The molecule has 0 aliphatic heterocycles. The van der Waals surface area contributed by atoms with Gasteiger partial charge in [0.25, 0.3) is 0 Å². The zero-order chi connectivity index (χ0) is 12.1. The number of aromatic nitrogens is 1. The molecule has 0 bridgehead atoms. The molecule has 0 aliphatic carbocycles. The minimum atomic E-state index is 0.977. The van der Waals surface area contributed by atoms with E-state index < -0.39 is 0 Å². The minimum Gasteiger partial charge on any atom is -0.383 e. The molecule has 1 N–H and O–H groups in total. The molecule has 17 heavy (non-hydrogen) atoms. The molecule has 0 fully saturated rings. The Balaban J connectivity index is 2.37. The van der Waals surface area contributed by atoms with Gasteiger partial charge in [0.1, 0.15) is 0 Å². The molecule has 0 radical (unpaired) electrons. The number of hydrogen-bond acceptors (Lipinski definition) is 2. The fourth-order valence-electron chi connectivity index (χ4n) is 1.83. The van der Waals surface area contributed by atoms with Crippen molar-refractivity contribution in [3.05, 3.63) is 48.2 Å². The molecule has 0 saturated heterocycles. The van der Waals surface area contributed by atoms with Gasteiger partial charge in [-0.25, -0.2) is 0 Å². The highest BCUT2D eigenvalue weighted by atomic mass is 14.9. The van der Waals surface area contributed by atoms with E-state index in [0.717, 1.165) is 24.3 Å². The molecule has 1 aromatic heterocycles. The third kappa shape index (κ3) is 2.84. The van der Waals surface area contributed by atoms with E-state index in [9.17, 15) is 0 Å². The lowest BCUT2D eigenvalue weighted by atomic mass is 10.1. The van der Waals surface area contributed by atoms with Crippen LogP contribution in [-0.4, -0.2) is 11.5 Å².